The number of hydrogen-bond donors (Lipinski definition) is 0. The van der Waals surface area contributed by atoms with Crippen LogP contribution >= 0.6 is 11.3 Å². The molecule has 3 rings (SSSR count). The lowest BCUT2D eigenvalue weighted by Gasteiger charge is -2.16. The lowest BCUT2D eigenvalue weighted by Crippen LogP contribution is -2.30. The summed E-state index contributed by atoms with van der Waals surface area (Å²) in [5.74, 6) is 0.0558. The summed E-state index contributed by atoms with van der Waals surface area (Å²) in [4.78, 5) is 33.4. The minimum Gasteiger partial charge on any atom is -0.346 e. The van der Waals surface area contributed by atoms with Gasteiger partial charge in [0.2, 0.25) is 5.91 Å². The smallest absolute Gasteiger partial charge is 0.262 e. The van der Waals surface area contributed by atoms with E-state index in [4.69, 9.17) is 0 Å². The van der Waals surface area contributed by atoms with E-state index in [9.17, 15) is 9.59 Å². The fraction of sp³-hybridized carbons (Fsp3) is 0.381. The average molecular weight is 384 g/mol. The Kier molecular flexibility index (Phi) is 6.06. The van der Waals surface area contributed by atoms with Crippen LogP contribution in [0.3, 0.4) is 0 Å². The summed E-state index contributed by atoms with van der Waals surface area (Å²) in [5.41, 5.74) is 1.90. The van der Waals surface area contributed by atoms with Gasteiger partial charge in [0.15, 0.2) is 0 Å². The Morgan fingerprint density at radius 2 is 2.00 bits per heavy atom. The minimum atomic E-state index is -0.0767. The van der Waals surface area contributed by atoms with Gasteiger partial charge < -0.3 is 4.90 Å². The second-order valence-corrected chi connectivity index (χ2v) is 7.94. The lowest BCUT2D eigenvalue weighted by molar-refractivity contribution is -0.130. The minimum absolute atomic E-state index is 0.0558. The van der Waals surface area contributed by atoms with Crippen LogP contribution in [0.25, 0.3) is 21.3 Å². The molecule has 0 N–H and O–H groups in total. The molecule has 0 bridgehead atoms. The van der Waals surface area contributed by atoms with Gasteiger partial charge in [-0.15, -0.1) is 11.3 Å². The molecule has 142 valence electrons. The summed E-state index contributed by atoms with van der Waals surface area (Å²) in [5, 5.41) is 0.651. The van der Waals surface area contributed by atoms with E-state index in [-0.39, 0.29) is 11.5 Å². The molecular weight excluding hydrogens is 358 g/mol. The summed E-state index contributed by atoms with van der Waals surface area (Å²) in [6.45, 7) is 5.22. The zero-order valence-electron chi connectivity index (χ0n) is 16.1. The van der Waals surface area contributed by atoms with Crippen LogP contribution < -0.4 is 5.56 Å². The molecule has 0 fully saturated rings. The molecular formula is C21H25N3O2S. The van der Waals surface area contributed by atoms with E-state index >= 15 is 0 Å². The Balaban J connectivity index is 1.89. The number of benzene rings is 1. The Morgan fingerprint density at radius 3 is 2.70 bits per heavy atom. The van der Waals surface area contributed by atoms with Gasteiger partial charge in [0.1, 0.15) is 4.83 Å². The van der Waals surface area contributed by atoms with Crippen LogP contribution in [0, 0.1) is 6.92 Å². The Morgan fingerprint density at radius 1 is 1.26 bits per heavy atom. The van der Waals surface area contributed by atoms with E-state index in [2.05, 4.69) is 11.9 Å². The van der Waals surface area contributed by atoms with Gasteiger partial charge in [-0.25, -0.2) is 4.98 Å². The van der Waals surface area contributed by atoms with Crippen molar-refractivity contribution in [2.75, 3.05) is 13.6 Å². The molecule has 0 aliphatic carbocycles. The van der Waals surface area contributed by atoms with Gasteiger partial charge in [-0.05, 0) is 18.9 Å². The van der Waals surface area contributed by atoms with Gasteiger partial charge in [-0.3, -0.25) is 14.2 Å². The predicted molar refractivity (Wildman–Crippen MR) is 111 cm³/mol. The van der Waals surface area contributed by atoms with Gasteiger partial charge in [-0.2, -0.15) is 0 Å². The van der Waals surface area contributed by atoms with E-state index in [1.54, 1.807) is 15.8 Å². The van der Waals surface area contributed by atoms with Crippen molar-refractivity contribution in [3.05, 3.63) is 51.9 Å². The monoisotopic (exact) mass is 383 g/mol. The SMILES string of the molecule is CCCCN(C)C(=O)CCn1cnc2sc(C)c(-c3ccccc3)c2c1=O. The summed E-state index contributed by atoms with van der Waals surface area (Å²) in [6.07, 6.45) is 3.91. The maximum Gasteiger partial charge on any atom is 0.262 e. The lowest BCUT2D eigenvalue weighted by atomic mass is 10.0. The van der Waals surface area contributed by atoms with E-state index in [1.165, 1.54) is 11.3 Å². The molecule has 1 amide bonds. The number of unbranched alkanes of at least 4 members (excludes halogenated alkanes) is 1. The van der Waals surface area contributed by atoms with Crippen LogP contribution in [0.4, 0.5) is 0 Å². The van der Waals surface area contributed by atoms with E-state index in [0.29, 0.717) is 18.4 Å². The summed E-state index contributed by atoms with van der Waals surface area (Å²) in [7, 11) is 1.82. The van der Waals surface area contributed by atoms with Crippen LogP contribution in [-0.4, -0.2) is 34.0 Å². The third kappa shape index (κ3) is 4.11. The number of aryl methyl sites for hydroxylation is 2. The third-order valence-electron chi connectivity index (χ3n) is 4.76. The summed E-state index contributed by atoms with van der Waals surface area (Å²) < 4.78 is 1.56. The largest absolute Gasteiger partial charge is 0.346 e. The molecule has 0 atom stereocenters. The van der Waals surface area contributed by atoms with Gasteiger partial charge in [0.25, 0.3) is 5.56 Å². The highest BCUT2D eigenvalue weighted by atomic mass is 32.1. The van der Waals surface area contributed by atoms with Crippen LogP contribution in [0.2, 0.25) is 0 Å². The number of aromatic nitrogens is 2. The van der Waals surface area contributed by atoms with Crippen molar-refractivity contribution in [1.82, 2.24) is 14.5 Å². The zero-order chi connectivity index (χ0) is 19.4. The molecule has 27 heavy (non-hydrogen) atoms. The van der Waals surface area contributed by atoms with Crippen molar-refractivity contribution in [2.24, 2.45) is 0 Å². The molecule has 0 aliphatic rings. The number of carbonyl (C=O) groups excluding carboxylic acids is 1. The molecule has 0 unspecified atom stereocenters. The first-order valence-electron chi connectivity index (χ1n) is 9.30. The number of rotatable bonds is 7. The van der Waals surface area contributed by atoms with Crippen LogP contribution in [0.15, 0.2) is 41.5 Å². The highest BCUT2D eigenvalue weighted by Gasteiger charge is 2.17. The fourth-order valence-electron chi connectivity index (χ4n) is 3.18. The normalized spacial score (nSPS) is 11.1. The van der Waals surface area contributed by atoms with Gasteiger partial charge >= 0.3 is 0 Å². The standard InChI is InChI=1S/C21H25N3O2S/c1-4-5-12-23(3)17(25)11-13-24-14-22-20-19(21(24)26)18(15(2)27-20)16-9-7-6-8-10-16/h6-10,14H,4-5,11-13H2,1-3H3. The number of nitrogens with zero attached hydrogens (tertiary/aromatic N) is 3. The molecule has 0 spiro atoms. The van der Waals surface area contributed by atoms with E-state index < -0.39 is 0 Å². The molecule has 6 heteroatoms. The van der Waals surface area contributed by atoms with E-state index in [1.807, 2.05) is 44.3 Å². The van der Waals surface area contributed by atoms with Crippen molar-refractivity contribution < 1.29 is 4.79 Å². The second kappa shape index (κ2) is 8.48. The first kappa shape index (κ1) is 19.3. The van der Waals surface area contributed by atoms with Crippen LogP contribution in [0.5, 0.6) is 0 Å². The second-order valence-electron chi connectivity index (χ2n) is 6.74. The first-order chi connectivity index (χ1) is 13.0. The highest BCUT2D eigenvalue weighted by molar-refractivity contribution is 7.19. The molecule has 0 aliphatic heterocycles. The van der Waals surface area contributed by atoms with Crippen LogP contribution in [0.1, 0.15) is 31.1 Å². The molecule has 3 aromatic rings. The van der Waals surface area contributed by atoms with Gasteiger partial charge in [-0.1, -0.05) is 43.7 Å². The number of fused-ring (bicyclic) bond motifs is 1. The van der Waals surface area contributed by atoms with Gasteiger partial charge in [0.05, 0.1) is 11.7 Å². The molecule has 0 radical (unpaired) electrons. The van der Waals surface area contributed by atoms with Crippen molar-refractivity contribution in [2.45, 2.75) is 39.7 Å². The maximum absolute atomic E-state index is 13.1. The molecule has 0 saturated carbocycles. The number of amides is 1. The number of carbonyl (C=O) groups is 1. The zero-order valence-corrected chi connectivity index (χ0v) is 16.9. The molecule has 5 nitrogen and oxygen atoms in total. The van der Waals surface area contributed by atoms with Crippen molar-refractivity contribution >= 4 is 27.5 Å². The highest BCUT2D eigenvalue weighted by Crippen LogP contribution is 2.35. The van der Waals surface area contributed by atoms with E-state index in [0.717, 1.165) is 40.2 Å². The Hall–Kier alpha value is -2.47. The average Bonchev–Trinajstić information content (AvgIpc) is 3.02. The molecule has 2 aromatic heterocycles. The molecule has 2 heterocycles. The number of hydrogen-bond acceptors (Lipinski definition) is 4. The Labute approximate surface area is 163 Å². The molecule has 0 saturated heterocycles. The van der Waals surface area contributed by atoms with Crippen molar-refractivity contribution in [1.29, 1.82) is 0 Å². The van der Waals surface area contributed by atoms with Gasteiger partial charge in [0, 0.05) is 37.0 Å². The van der Waals surface area contributed by atoms with Crippen molar-refractivity contribution in [3.63, 3.8) is 0 Å². The van der Waals surface area contributed by atoms with Crippen LogP contribution in [-0.2, 0) is 11.3 Å². The topological polar surface area (TPSA) is 55.2 Å². The number of thiophene rings is 1. The third-order valence-corrected chi connectivity index (χ3v) is 5.77. The quantitative estimate of drug-likeness (QED) is 0.618. The fourth-order valence-corrected chi connectivity index (χ4v) is 4.18. The first-order valence-corrected chi connectivity index (χ1v) is 10.1. The van der Waals surface area contributed by atoms with Crippen molar-refractivity contribution in [3.8, 4) is 11.1 Å². The molecule has 1 aromatic carbocycles. The summed E-state index contributed by atoms with van der Waals surface area (Å²) in [6, 6.07) is 9.93. The summed E-state index contributed by atoms with van der Waals surface area (Å²) >= 11 is 1.54. The Bertz CT molecular complexity index is 992. The predicted octanol–water partition coefficient (Wildman–Crippen LogP) is 4.08. The maximum atomic E-state index is 13.1.